The van der Waals surface area contributed by atoms with Gasteiger partial charge in [-0.25, -0.2) is 8.42 Å². The van der Waals surface area contributed by atoms with Crippen LogP contribution in [0.4, 0.5) is 0 Å². The molecule has 0 aromatic heterocycles. The van der Waals surface area contributed by atoms with Crippen LogP contribution in [0.5, 0.6) is 5.75 Å². The highest BCUT2D eigenvalue weighted by Gasteiger charge is 2.53. The Hall–Kier alpha value is -3.91. The molecule has 1 heterocycles. The normalized spacial score (nSPS) is 16.5. The third-order valence-electron chi connectivity index (χ3n) is 9.01. The molecule has 46 heavy (non-hydrogen) atoms. The minimum Gasteiger partial charge on any atom is -0.537 e. The van der Waals surface area contributed by atoms with Crippen LogP contribution in [0.3, 0.4) is 0 Å². The quantitative estimate of drug-likeness (QED) is 0.138. The lowest BCUT2D eigenvalue weighted by atomic mass is 9.95. The van der Waals surface area contributed by atoms with Crippen molar-refractivity contribution in [3.63, 3.8) is 0 Å². The highest BCUT2D eigenvalue weighted by molar-refractivity contribution is 7.89. The van der Waals surface area contributed by atoms with E-state index in [2.05, 4.69) is 75.9 Å². The summed E-state index contributed by atoms with van der Waals surface area (Å²) in [7, 11) is -5.22. The third kappa shape index (κ3) is 6.63. The van der Waals surface area contributed by atoms with Gasteiger partial charge in [-0.1, -0.05) is 123 Å². The number of allylic oxidation sites excluding steroid dienone is 1. The maximum atomic E-state index is 14.3. The molecular weight excluding hydrogens is 607 g/mol. The predicted octanol–water partition coefficient (Wildman–Crippen LogP) is 7.58. The fourth-order valence-electron chi connectivity index (χ4n) is 6.34. The Balaban J connectivity index is 1.78. The van der Waals surface area contributed by atoms with Crippen LogP contribution < -0.4 is 15.1 Å². The van der Waals surface area contributed by atoms with Gasteiger partial charge >= 0.3 is 8.32 Å². The fraction of sp³-hybridized carbons (Fsp3) is 0.282. The highest BCUT2D eigenvalue weighted by Crippen LogP contribution is 2.42. The largest absolute Gasteiger partial charge is 0.537 e. The van der Waals surface area contributed by atoms with Gasteiger partial charge in [-0.15, -0.1) is 0 Å². The lowest BCUT2D eigenvalue weighted by Crippen LogP contribution is -2.66. The Morgan fingerprint density at radius 2 is 1.39 bits per heavy atom. The fourth-order valence-corrected chi connectivity index (χ4v) is 12.3. The van der Waals surface area contributed by atoms with Crippen LogP contribution in [0.25, 0.3) is 5.57 Å². The van der Waals surface area contributed by atoms with Crippen molar-refractivity contribution < 1.29 is 17.6 Å². The molecule has 0 bridgehead atoms. The van der Waals surface area contributed by atoms with Crippen molar-refractivity contribution in [1.29, 1.82) is 0 Å². The molecule has 7 heteroatoms. The van der Waals surface area contributed by atoms with Gasteiger partial charge in [0.05, 0.1) is 17.8 Å². The van der Waals surface area contributed by atoms with Crippen molar-refractivity contribution >= 4 is 34.3 Å². The number of methoxy groups -OCH3 is 1. The zero-order valence-electron chi connectivity index (χ0n) is 27.8. The minimum absolute atomic E-state index is 0.149. The van der Waals surface area contributed by atoms with Gasteiger partial charge in [0.1, 0.15) is 5.75 Å². The van der Waals surface area contributed by atoms with Gasteiger partial charge in [-0.2, -0.15) is 4.31 Å². The average Bonchev–Trinajstić information content (AvgIpc) is 3.25. The van der Waals surface area contributed by atoms with Crippen LogP contribution in [-0.4, -0.2) is 41.2 Å². The molecule has 4 aromatic rings. The van der Waals surface area contributed by atoms with Gasteiger partial charge in [-0.3, -0.25) is 0 Å². The molecule has 1 aliphatic heterocycles. The molecule has 0 amide bonds. The topological polar surface area (TPSA) is 55.8 Å². The maximum Gasteiger partial charge on any atom is 0.319 e. The van der Waals surface area contributed by atoms with Gasteiger partial charge in [-0.05, 0) is 59.1 Å². The highest BCUT2D eigenvalue weighted by atomic mass is 32.2. The summed E-state index contributed by atoms with van der Waals surface area (Å²) in [6.07, 6.45) is 0.529. The number of ether oxygens (including phenoxy) is 1. The molecule has 4 aromatic carbocycles. The predicted molar refractivity (Wildman–Crippen MR) is 191 cm³/mol. The van der Waals surface area contributed by atoms with E-state index < -0.39 is 18.3 Å². The van der Waals surface area contributed by atoms with Crippen molar-refractivity contribution in [2.24, 2.45) is 5.92 Å². The number of benzene rings is 4. The lowest BCUT2D eigenvalue weighted by molar-refractivity contribution is 0.349. The first-order valence-corrected chi connectivity index (χ1v) is 19.1. The van der Waals surface area contributed by atoms with Crippen molar-refractivity contribution in [3.8, 4) is 5.75 Å². The zero-order valence-corrected chi connectivity index (χ0v) is 29.6. The molecule has 240 valence electrons. The molecule has 0 saturated heterocycles. The molecule has 0 aliphatic carbocycles. The van der Waals surface area contributed by atoms with E-state index in [1.165, 1.54) is 0 Å². The van der Waals surface area contributed by atoms with E-state index >= 15 is 0 Å². The monoisotopic (exact) mass is 651 g/mol. The van der Waals surface area contributed by atoms with Crippen LogP contribution in [0, 0.1) is 12.8 Å². The first kappa shape index (κ1) is 33.5. The summed E-state index contributed by atoms with van der Waals surface area (Å²) in [5.74, 6) is 1.40. The summed E-state index contributed by atoms with van der Waals surface area (Å²) in [6, 6.07) is 36.0. The standard InChI is InChI=1S/C39H45NO4SSi/c1-29(2)32-26-38(44-46(39(4,5)6,35-14-10-8-11-15-35)36-16-12-9-13-17-36)37(31-20-22-33(43-7)23-21-31)28-40(27-32)45(41,42)34-24-18-30(3)19-25-34/h8-25,32H,1,26-28H2,2-7H3/t32-/m1/s1. The van der Waals surface area contributed by atoms with Crippen LogP contribution in [0.1, 0.15) is 45.2 Å². The summed E-state index contributed by atoms with van der Waals surface area (Å²) in [4.78, 5) is 0.281. The number of rotatable bonds is 9. The van der Waals surface area contributed by atoms with Gasteiger partial charge in [0, 0.05) is 31.0 Å². The first-order chi connectivity index (χ1) is 21.9. The molecule has 1 atom stereocenters. The third-order valence-corrected chi connectivity index (χ3v) is 15.8. The second-order valence-corrected chi connectivity index (χ2v) is 19.4. The molecule has 5 rings (SSSR count). The summed E-state index contributed by atoms with van der Waals surface area (Å²) < 4.78 is 43.4. The van der Waals surface area contributed by atoms with Crippen molar-refractivity contribution in [2.75, 3.05) is 20.2 Å². The van der Waals surface area contributed by atoms with E-state index in [4.69, 9.17) is 9.16 Å². The van der Waals surface area contributed by atoms with Crippen LogP contribution in [0.15, 0.2) is 132 Å². The molecular formula is C39H45NO4SSi. The van der Waals surface area contributed by atoms with Gasteiger partial charge in [0.15, 0.2) is 0 Å². The maximum absolute atomic E-state index is 14.3. The Kier molecular flexibility index (Phi) is 9.77. The Morgan fingerprint density at radius 3 is 1.87 bits per heavy atom. The van der Waals surface area contributed by atoms with Crippen LogP contribution in [-0.2, 0) is 14.4 Å². The first-order valence-electron chi connectivity index (χ1n) is 15.8. The zero-order chi connectivity index (χ0) is 33.1. The van der Waals surface area contributed by atoms with E-state index in [1.54, 1.807) is 23.5 Å². The van der Waals surface area contributed by atoms with Gasteiger partial charge < -0.3 is 9.16 Å². The Bertz CT molecular complexity index is 1750. The molecule has 1 aliphatic rings. The average molecular weight is 652 g/mol. The van der Waals surface area contributed by atoms with Crippen LogP contribution in [0.2, 0.25) is 5.04 Å². The molecule has 0 fully saturated rings. The van der Waals surface area contributed by atoms with E-state index in [1.807, 2.05) is 62.4 Å². The Morgan fingerprint density at radius 1 is 0.848 bits per heavy atom. The van der Waals surface area contributed by atoms with Gasteiger partial charge in [0.25, 0.3) is 0 Å². The molecule has 0 saturated carbocycles. The van der Waals surface area contributed by atoms with E-state index in [9.17, 15) is 8.42 Å². The second kappa shape index (κ2) is 13.4. The van der Waals surface area contributed by atoms with Gasteiger partial charge in [0.2, 0.25) is 10.0 Å². The SMILES string of the molecule is C=C(C)[C@@H]1CC(O[Si](c2ccccc2)(c2ccccc2)C(C)(C)C)=C(c2ccc(OC)cc2)CN(S(=O)(=O)c2ccc(C)cc2)C1. The number of hydrogen-bond donors (Lipinski definition) is 0. The van der Waals surface area contributed by atoms with E-state index in [0.29, 0.717) is 13.0 Å². The summed E-state index contributed by atoms with van der Waals surface area (Å²) in [5.41, 5.74) is 3.69. The molecule has 0 radical (unpaired) electrons. The number of aryl methyl sites for hydroxylation is 1. The smallest absolute Gasteiger partial charge is 0.319 e. The van der Waals surface area contributed by atoms with E-state index in [-0.39, 0.29) is 22.4 Å². The molecule has 5 nitrogen and oxygen atoms in total. The molecule has 0 unspecified atom stereocenters. The summed E-state index contributed by atoms with van der Waals surface area (Å²) in [6.45, 7) is 15.5. The van der Waals surface area contributed by atoms with Crippen molar-refractivity contribution in [2.45, 2.75) is 51.0 Å². The second-order valence-electron chi connectivity index (χ2n) is 13.3. The molecule has 0 N–H and O–H groups in total. The lowest BCUT2D eigenvalue weighted by Gasteiger charge is -2.44. The van der Waals surface area contributed by atoms with Crippen molar-refractivity contribution in [1.82, 2.24) is 4.31 Å². The summed E-state index contributed by atoms with van der Waals surface area (Å²) in [5, 5.41) is 2.05. The summed E-state index contributed by atoms with van der Waals surface area (Å²) >= 11 is 0. The number of nitrogens with zero attached hydrogens (tertiary/aromatic N) is 1. The number of hydrogen-bond acceptors (Lipinski definition) is 4. The molecule has 0 spiro atoms. The Labute approximate surface area is 276 Å². The minimum atomic E-state index is -3.83. The number of sulfonamides is 1. The van der Waals surface area contributed by atoms with Crippen molar-refractivity contribution in [3.05, 3.63) is 138 Å². The van der Waals surface area contributed by atoms with Crippen LogP contribution >= 0.6 is 0 Å². The van der Waals surface area contributed by atoms with E-state index in [0.717, 1.165) is 44.2 Å².